The second kappa shape index (κ2) is 11.0. The Labute approximate surface area is 108 Å². The SMILES string of the molecule is CCCCCCC(CCCC)(COC)COC. The highest BCUT2D eigenvalue weighted by Gasteiger charge is 2.29. The summed E-state index contributed by atoms with van der Waals surface area (Å²) in [5.41, 5.74) is 0.257. The average Bonchev–Trinajstić information content (AvgIpc) is 2.33. The fraction of sp³-hybridized carbons (Fsp3) is 1.00. The average molecular weight is 244 g/mol. The Bertz CT molecular complexity index is 151. The molecule has 2 heteroatoms. The first kappa shape index (κ1) is 16.9. The molecule has 0 bridgehead atoms. The quantitative estimate of drug-likeness (QED) is 0.473. The zero-order valence-electron chi connectivity index (χ0n) is 12.4. The van der Waals surface area contributed by atoms with Crippen molar-refractivity contribution in [2.24, 2.45) is 5.41 Å². The molecule has 0 heterocycles. The molecule has 0 aliphatic carbocycles. The van der Waals surface area contributed by atoms with Crippen LogP contribution >= 0.6 is 0 Å². The maximum Gasteiger partial charge on any atom is 0.0540 e. The summed E-state index contributed by atoms with van der Waals surface area (Å²) < 4.78 is 10.9. The summed E-state index contributed by atoms with van der Waals surface area (Å²) in [6.07, 6.45) is 10.3. The third kappa shape index (κ3) is 7.77. The second-order valence-electron chi connectivity index (χ2n) is 5.28. The maximum atomic E-state index is 5.43. The molecular weight excluding hydrogens is 212 g/mol. The van der Waals surface area contributed by atoms with Crippen molar-refractivity contribution in [3.8, 4) is 0 Å². The number of methoxy groups -OCH3 is 2. The number of hydrogen-bond acceptors (Lipinski definition) is 2. The highest BCUT2D eigenvalue weighted by atomic mass is 16.5. The molecule has 0 atom stereocenters. The predicted octanol–water partition coefficient (Wildman–Crippen LogP) is 4.43. The van der Waals surface area contributed by atoms with Crippen molar-refractivity contribution in [3.05, 3.63) is 0 Å². The lowest BCUT2D eigenvalue weighted by Gasteiger charge is -2.32. The molecule has 0 aromatic heterocycles. The molecule has 0 N–H and O–H groups in total. The van der Waals surface area contributed by atoms with E-state index in [1.54, 1.807) is 0 Å². The van der Waals surface area contributed by atoms with Crippen LogP contribution in [0.2, 0.25) is 0 Å². The first-order valence-corrected chi connectivity index (χ1v) is 7.22. The minimum atomic E-state index is 0.257. The van der Waals surface area contributed by atoms with Crippen molar-refractivity contribution in [1.82, 2.24) is 0 Å². The van der Waals surface area contributed by atoms with Gasteiger partial charge in [-0.3, -0.25) is 0 Å². The molecule has 104 valence electrons. The van der Waals surface area contributed by atoms with Gasteiger partial charge in [0.25, 0.3) is 0 Å². The number of unbranched alkanes of at least 4 members (excludes halogenated alkanes) is 4. The van der Waals surface area contributed by atoms with E-state index in [1.807, 2.05) is 14.2 Å². The van der Waals surface area contributed by atoms with Gasteiger partial charge in [0, 0.05) is 19.6 Å². The molecule has 0 aromatic rings. The van der Waals surface area contributed by atoms with Gasteiger partial charge in [-0.05, 0) is 12.8 Å². The van der Waals surface area contributed by atoms with E-state index in [0.29, 0.717) is 0 Å². The van der Waals surface area contributed by atoms with E-state index >= 15 is 0 Å². The summed E-state index contributed by atoms with van der Waals surface area (Å²) in [4.78, 5) is 0. The van der Waals surface area contributed by atoms with Gasteiger partial charge in [0.15, 0.2) is 0 Å². The van der Waals surface area contributed by atoms with Gasteiger partial charge in [-0.1, -0.05) is 52.4 Å². The van der Waals surface area contributed by atoms with E-state index in [1.165, 1.54) is 51.4 Å². The Morgan fingerprint density at radius 3 is 1.71 bits per heavy atom. The van der Waals surface area contributed by atoms with Crippen LogP contribution in [-0.2, 0) is 9.47 Å². The first-order chi connectivity index (χ1) is 8.24. The van der Waals surface area contributed by atoms with Crippen LogP contribution in [0.5, 0.6) is 0 Å². The summed E-state index contributed by atoms with van der Waals surface area (Å²) in [5.74, 6) is 0. The van der Waals surface area contributed by atoms with Crippen LogP contribution < -0.4 is 0 Å². The summed E-state index contributed by atoms with van der Waals surface area (Å²) >= 11 is 0. The van der Waals surface area contributed by atoms with Crippen LogP contribution in [0.15, 0.2) is 0 Å². The van der Waals surface area contributed by atoms with Crippen molar-refractivity contribution in [2.75, 3.05) is 27.4 Å². The van der Waals surface area contributed by atoms with Gasteiger partial charge < -0.3 is 9.47 Å². The number of ether oxygens (including phenoxy) is 2. The third-order valence-corrected chi connectivity index (χ3v) is 3.52. The molecule has 0 rings (SSSR count). The van der Waals surface area contributed by atoms with E-state index in [9.17, 15) is 0 Å². The lowest BCUT2D eigenvalue weighted by Crippen LogP contribution is -2.31. The van der Waals surface area contributed by atoms with Gasteiger partial charge in [-0.2, -0.15) is 0 Å². The van der Waals surface area contributed by atoms with Crippen LogP contribution in [-0.4, -0.2) is 27.4 Å². The summed E-state index contributed by atoms with van der Waals surface area (Å²) in [7, 11) is 3.62. The lowest BCUT2D eigenvalue weighted by atomic mass is 9.79. The Morgan fingerprint density at radius 1 is 0.706 bits per heavy atom. The molecule has 0 unspecified atom stereocenters. The normalized spacial score (nSPS) is 12.0. The molecule has 0 aliphatic heterocycles. The maximum absolute atomic E-state index is 5.43. The molecule has 0 saturated carbocycles. The van der Waals surface area contributed by atoms with E-state index in [2.05, 4.69) is 13.8 Å². The van der Waals surface area contributed by atoms with Crippen LogP contribution in [0.3, 0.4) is 0 Å². The molecule has 0 aromatic carbocycles. The lowest BCUT2D eigenvalue weighted by molar-refractivity contribution is -0.00422. The van der Waals surface area contributed by atoms with Crippen LogP contribution in [0.4, 0.5) is 0 Å². The summed E-state index contributed by atoms with van der Waals surface area (Å²) in [6, 6.07) is 0. The van der Waals surface area contributed by atoms with Crippen molar-refractivity contribution < 1.29 is 9.47 Å². The van der Waals surface area contributed by atoms with Crippen LogP contribution in [0.1, 0.15) is 65.2 Å². The molecule has 0 radical (unpaired) electrons. The standard InChI is InChI=1S/C15H32O2/c1-5-7-9-10-12-15(13-16-3,14-17-4)11-8-6-2/h5-14H2,1-4H3. The van der Waals surface area contributed by atoms with Crippen molar-refractivity contribution in [2.45, 2.75) is 65.2 Å². The van der Waals surface area contributed by atoms with E-state index < -0.39 is 0 Å². The van der Waals surface area contributed by atoms with Gasteiger partial charge >= 0.3 is 0 Å². The fourth-order valence-corrected chi connectivity index (χ4v) is 2.55. The molecule has 0 saturated heterocycles. The Hall–Kier alpha value is -0.0800. The Morgan fingerprint density at radius 2 is 1.24 bits per heavy atom. The Balaban J connectivity index is 4.20. The Kier molecular flexibility index (Phi) is 11.0. The predicted molar refractivity (Wildman–Crippen MR) is 74.5 cm³/mol. The van der Waals surface area contributed by atoms with Gasteiger partial charge in [-0.15, -0.1) is 0 Å². The molecule has 0 aliphatic rings. The summed E-state index contributed by atoms with van der Waals surface area (Å²) in [5, 5.41) is 0. The monoisotopic (exact) mass is 244 g/mol. The molecule has 0 fully saturated rings. The molecule has 0 spiro atoms. The van der Waals surface area contributed by atoms with Gasteiger partial charge in [0.2, 0.25) is 0 Å². The van der Waals surface area contributed by atoms with Crippen molar-refractivity contribution in [1.29, 1.82) is 0 Å². The van der Waals surface area contributed by atoms with Gasteiger partial charge in [0.05, 0.1) is 13.2 Å². The van der Waals surface area contributed by atoms with Gasteiger partial charge in [-0.25, -0.2) is 0 Å². The second-order valence-corrected chi connectivity index (χ2v) is 5.28. The fourth-order valence-electron chi connectivity index (χ4n) is 2.55. The number of rotatable bonds is 12. The topological polar surface area (TPSA) is 18.5 Å². The highest BCUT2D eigenvalue weighted by molar-refractivity contribution is 4.79. The van der Waals surface area contributed by atoms with Crippen molar-refractivity contribution >= 4 is 0 Å². The largest absolute Gasteiger partial charge is 0.384 e. The summed E-state index contributed by atoms with van der Waals surface area (Å²) in [6.45, 7) is 6.19. The van der Waals surface area contributed by atoms with Crippen molar-refractivity contribution in [3.63, 3.8) is 0 Å². The van der Waals surface area contributed by atoms with Crippen LogP contribution in [0, 0.1) is 5.41 Å². The smallest absolute Gasteiger partial charge is 0.0540 e. The van der Waals surface area contributed by atoms with Crippen LogP contribution in [0.25, 0.3) is 0 Å². The first-order valence-electron chi connectivity index (χ1n) is 7.22. The molecule has 17 heavy (non-hydrogen) atoms. The van der Waals surface area contributed by atoms with E-state index in [-0.39, 0.29) is 5.41 Å². The molecule has 0 amide bonds. The zero-order valence-corrected chi connectivity index (χ0v) is 12.4. The molecule has 2 nitrogen and oxygen atoms in total. The minimum Gasteiger partial charge on any atom is -0.384 e. The van der Waals surface area contributed by atoms with Gasteiger partial charge in [0.1, 0.15) is 0 Å². The zero-order chi connectivity index (χ0) is 13.0. The van der Waals surface area contributed by atoms with E-state index in [0.717, 1.165) is 13.2 Å². The number of hydrogen-bond donors (Lipinski definition) is 0. The third-order valence-electron chi connectivity index (χ3n) is 3.52. The highest BCUT2D eigenvalue weighted by Crippen LogP contribution is 2.32. The molecular formula is C15H32O2. The minimum absolute atomic E-state index is 0.257. The van der Waals surface area contributed by atoms with E-state index in [4.69, 9.17) is 9.47 Å².